The molecule has 5 amide bonds. The van der Waals surface area contributed by atoms with Gasteiger partial charge >= 0.3 is 12.1 Å². The third kappa shape index (κ3) is 9.57. The molecule has 0 unspecified atom stereocenters. The van der Waals surface area contributed by atoms with E-state index in [-0.39, 0.29) is 56.0 Å². The van der Waals surface area contributed by atoms with Crippen molar-refractivity contribution < 1.29 is 38.4 Å². The molecular weight excluding hydrogens is 642 g/mol. The van der Waals surface area contributed by atoms with Gasteiger partial charge in [0.05, 0.1) is 30.4 Å². The van der Waals surface area contributed by atoms with E-state index in [1.807, 2.05) is 32.0 Å². The average Bonchev–Trinajstić information content (AvgIpc) is 3.58. The molecule has 0 spiro atoms. The number of nitrogens with zero attached hydrogens (tertiary/aromatic N) is 2. The van der Waals surface area contributed by atoms with Crippen LogP contribution in [0.4, 0.5) is 26.7 Å². The van der Waals surface area contributed by atoms with E-state index in [1.54, 1.807) is 72.3 Å². The van der Waals surface area contributed by atoms with Gasteiger partial charge in [-0.25, -0.2) is 9.59 Å². The summed E-state index contributed by atoms with van der Waals surface area (Å²) in [5.74, 6) is 0.981. The number of likely N-dealkylation sites (N-methyl/N-ethyl adjacent to an activating group) is 1. The van der Waals surface area contributed by atoms with Crippen molar-refractivity contribution in [2.24, 2.45) is 5.92 Å². The summed E-state index contributed by atoms with van der Waals surface area (Å²) in [6.07, 6.45) is 1.72. The quantitative estimate of drug-likeness (QED) is 0.235. The Morgan fingerprint density at radius 1 is 0.920 bits per heavy atom. The zero-order valence-electron chi connectivity index (χ0n) is 29.0. The number of fused-ring (bicyclic) bond motifs is 2. The van der Waals surface area contributed by atoms with Gasteiger partial charge < -0.3 is 49.8 Å². The number of amides is 5. The number of hydrogen-bond donors (Lipinski definition) is 4. The van der Waals surface area contributed by atoms with Crippen LogP contribution < -0.4 is 30.2 Å². The fourth-order valence-corrected chi connectivity index (χ4v) is 5.82. The summed E-state index contributed by atoms with van der Waals surface area (Å²) >= 11 is 0. The zero-order chi connectivity index (χ0) is 35.6. The molecule has 2 heterocycles. The first-order valence-electron chi connectivity index (χ1n) is 17.0. The lowest BCUT2D eigenvalue weighted by atomic mass is 10.0. The molecular formula is C37H47N5O8. The van der Waals surface area contributed by atoms with E-state index < -0.39 is 18.2 Å². The first kappa shape index (κ1) is 36.3. The van der Waals surface area contributed by atoms with Gasteiger partial charge in [-0.15, -0.1) is 0 Å². The number of aliphatic hydroxyl groups is 1. The van der Waals surface area contributed by atoms with Crippen molar-refractivity contribution in [2.75, 3.05) is 56.1 Å². The van der Waals surface area contributed by atoms with Gasteiger partial charge in [-0.3, -0.25) is 4.79 Å². The van der Waals surface area contributed by atoms with Crippen molar-refractivity contribution in [1.29, 1.82) is 0 Å². The standard InChI is InChI=1S/C37H47N5O8/c1-24-20-42(25(2)22-43)35(44)30-18-28(39-36(45)38-27-11-6-5-7-12-27)13-15-31(30)50-26(3)10-8-9-17-47-34(24)21-41(4)37(46)40-29-14-16-32-33(19-29)49-23-48-32/h5-7,11-16,18-19,24-26,34,43H,8-10,17,20-23H2,1-4H3,(H,40,46)(H2,38,39,45)/t24-,25+,26-,34+/m1/s1. The smallest absolute Gasteiger partial charge is 0.323 e. The molecule has 13 heteroatoms. The molecule has 0 aliphatic carbocycles. The van der Waals surface area contributed by atoms with E-state index in [2.05, 4.69) is 16.0 Å². The number of aliphatic hydroxyl groups excluding tert-OH is 1. The Labute approximate surface area is 292 Å². The van der Waals surface area contributed by atoms with Crippen molar-refractivity contribution in [2.45, 2.75) is 58.3 Å². The van der Waals surface area contributed by atoms with E-state index >= 15 is 0 Å². The van der Waals surface area contributed by atoms with Crippen LogP contribution in [-0.2, 0) is 4.74 Å². The monoisotopic (exact) mass is 689 g/mol. The van der Waals surface area contributed by atoms with Gasteiger partial charge in [0.25, 0.3) is 5.91 Å². The molecule has 3 aromatic carbocycles. The van der Waals surface area contributed by atoms with Crippen LogP contribution in [0.15, 0.2) is 66.7 Å². The Bertz CT molecular complexity index is 1620. The Morgan fingerprint density at radius 3 is 2.38 bits per heavy atom. The average molecular weight is 690 g/mol. The molecule has 0 radical (unpaired) electrons. The lowest BCUT2D eigenvalue weighted by Gasteiger charge is -2.35. The summed E-state index contributed by atoms with van der Waals surface area (Å²) < 4.78 is 23.5. The summed E-state index contributed by atoms with van der Waals surface area (Å²) in [4.78, 5) is 43.6. The molecule has 2 aliphatic rings. The van der Waals surface area contributed by atoms with Crippen LogP contribution in [0.25, 0.3) is 0 Å². The molecule has 0 fully saturated rings. The Morgan fingerprint density at radius 2 is 1.62 bits per heavy atom. The molecule has 5 rings (SSSR count). The largest absolute Gasteiger partial charge is 0.490 e. The van der Waals surface area contributed by atoms with Gasteiger partial charge in [0.2, 0.25) is 6.79 Å². The highest BCUT2D eigenvalue weighted by molar-refractivity contribution is 6.02. The number of ether oxygens (including phenoxy) is 4. The number of para-hydroxylation sites is 1. The highest BCUT2D eigenvalue weighted by atomic mass is 16.7. The maximum Gasteiger partial charge on any atom is 0.323 e. The van der Waals surface area contributed by atoms with Crippen LogP contribution in [0.5, 0.6) is 17.2 Å². The van der Waals surface area contributed by atoms with Crippen molar-refractivity contribution in [1.82, 2.24) is 9.80 Å². The molecule has 2 aliphatic heterocycles. The third-order valence-corrected chi connectivity index (χ3v) is 8.77. The lowest BCUT2D eigenvalue weighted by Crippen LogP contribution is -2.48. The number of anilines is 3. The molecule has 268 valence electrons. The predicted octanol–water partition coefficient (Wildman–Crippen LogP) is 6.02. The minimum absolute atomic E-state index is 0.138. The highest BCUT2D eigenvalue weighted by Gasteiger charge is 2.31. The fraction of sp³-hybridized carbons (Fsp3) is 0.432. The van der Waals surface area contributed by atoms with E-state index in [4.69, 9.17) is 18.9 Å². The van der Waals surface area contributed by atoms with E-state index in [0.29, 0.717) is 40.9 Å². The topological polar surface area (TPSA) is 151 Å². The number of carbonyl (C=O) groups is 3. The third-order valence-electron chi connectivity index (χ3n) is 8.77. The van der Waals surface area contributed by atoms with Crippen molar-refractivity contribution in [3.05, 3.63) is 72.3 Å². The second-order valence-electron chi connectivity index (χ2n) is 12.8. The second-order valence-corrected chi connectivity index (χ2v) is 12.8. The second kappa shape index (κ2) is 17.1. The summed E-state index contributed by atoms with van der Waals surface area (Å²) in [6.45, 7) is 6.51. The molecule has 4 atom stereocenters. The normalized spacial score (nSPS) is 20.1. The Hall–Kier alpha value is -5.01. The summed E-state index contributed by atoms with van der Waals surface area (Å²) in [6, 6.07) is 17.9. The van der Waals surface area contributed by atoms with Gasteiger partial charge in [0.1, 0.15) is 5.75 Å². The minimum atomic E-state index is -0.547. The number of urea groups is 2. The molecule has 0 aromatic heterocycles. The SMILES string of the molecule is C[C@@H]1CCCCO[C@@H](CN(C)C(=O)Nc2ccc3c(c2)OCO3)[C@H](C)CN([C@@H](C)CO)C(=O)c2cc(NC(=O)Nc3ccccc3)ccc2O1. The van der Waals surface area contributed by atoms with Crippen molar-refractivity contribution >= 4 is 35.0 Å². The van der Waals surface area contributed by atoms with Crippen LogP contribution in [0.1, 0.15) is 50.4 Å². The van der Waals surface area contributed by atoms with E-state index in [9.17, 15) is 19.5 Å². The molecule has 50 heavy (non-hydrogen) atoms. The van der Waals surface area contributed by atoms with Crippen LogP contribution >= 0.6 is 0 Å². The summed E-state index contributed by atoms with van der Waals surface area (Å²) in [5.41, 5.74) is 1.86. The van der Waals surface area contributed by atoms with Crippen molar-refractivity contribution in [3.63, 3.8) is 0 Å². The molecule has 13 nitrogen and oxygen atoms in total. The fourth-order valence-electron chi connectivity index (χ4n) is 5.82. The number of nitrogens with one attached hydrogen (secondary N) is 3. The first-order valence-corrected chi connectivity index (χ1v) is 17.0. The maximum absolute atomic E-state index is 14.4. The minimum Gasteiger partial charge on any atom is -0.490 e. The Balaban J connectivity index is 1.35. The van der Waals surface area contributed by atoms with Gasteiger partial charge in [-0.05, 0) is 75.6 Å². The molecule has 4 N–H and O–H groups in total. The number of carbonyl (C=O) groups excluding carboxylic acids is 3. The number of hydrogen-bond acceptors (Lipinski definition) is 8. The van der Waals surface area contributed by atoms with Crippen LogP contribution in [0, 0.1) is 5.92 Å². The molecule has 0 saturated carbocycles. The maximum atomic E-state index is 14.4. The number of rotatable bonds is 7. The zero-order valence-corrected chi connectivity index (χ0v) is 29.0. The molecule has 0 bridgehead atoms. The van der Waals surface area contributed by atoms with Crippen LogP contribution in [0.2, 0.25) is 0 Å². The van der Waals surface area contributed by atoms with Gasteiger partial charge in [0.15, 0.2) is 11.5 Å². The van der Waals surface area contributed by atoms with Gasteiger partial charge in [-0.2, -0.15) is 0 Å². The summed E-state index contributed by atoms with van der Waals surface area (Å²) in [5, 5.41) is 18.7. The predicted molar refractivity (Wildman–Crippen MR) is 190 cm³/mol. The summed E-state index contributed by atoms with van der Waals surface area (Å²) in [7, 11) is 1.70. The molecule has 0 saturated heterocycles. The number of benzene rings is 3. The van der Waals surface area contributed by atoms with Crippen molar-refractivity contribution in [3.8, 4) is 17.2 Å². The van der Waals surface area contributed by atoms with Gasteiger partial charge in [0, 0.05) is 55.8 Å². The first-order chi connectivity index (χ1) is 24.1. The molecule has 3 aromatic rings. The lowest BCUT2D eigenvalue weighted by molar-refractivity contribution is -0.0115. The Kier molecular flexibility index (Phi) is 12.4. The highest BCUT2D eigenvalue weighted by Crippen LogP contribution is 2.34. The van der Waals surface area contributed by atoms with Gasteiger partial charge in [-0.1, -0.05) is 25.1 Å². The van der Waals surface area contributed by atoms with Crippen LogP contribution in [0.3, 0.4) is 0 Å². The van der Waals surface area contributed by atoms with E-state index in [1.165, 1.54) is 0 Å². The van der Waals surface area contributed by atoms with Crippen LogP contribution in [-0.4, -0.2) is 91.3 Å². The van der Waals surface area contributed by atoms with E-state index in [0.717, 1.165) is 19.3 Å².